The molecule has 1 aromatic heterocycles. The van der Waals surface area contributed by atoms with Gasteiger partial charge in [-0.1, -0.05) is 12.1 Å². The lowest BCUT2D eigenvalue weighted by Crippen LogP contribution is -2.43. The van der Waals surface area contributed by atoms with Crippen LogP contribution in [-0.4, -0.2) is 39.0 Å². The Bertz CT molecular complexity index is 503. The molecule has 1 heterocycles. The van der Waals surface area contributed by atoms with E-state index in [1.807, 2.05) is 37.8 Å². The second kappa shape index (κ2) is 5.55. The maximum absolute atomic E-state index is 9.36. The summed E-state index contributed by atoms with van der Waals surface area (Å²) in [5.41, 5.74) is 2.07. The van der Waals surface area contributed by atoms with Crippen LogP contribution in [0.25, 0.3) is 5.69 Å². The Balaban J connectivity index is 2.07. The molecule has 4 nitrogen and oxygen atoms in total. The van der Waals surface area contributed by atoms with Gasteiger partial charge in [-0.25, -0.2) is 4.68 Å². The minimum absolute atomic E-state index is 0.148. The van der Waals surface area contributed by atoms with Gasteiger partial charge in [0.2, 0.25) is 0 Å². The van der Waals surface area contributed by atoms with Gasteiger partial charge in [-0.05, 0) is 44.7 Å². The fraction of sp³-hybridized carbons (Fsp3) is 0.400. The predicted molar refractivity (Wildman–Crippen MR) is 76.2 cm³/mol. The first-order valence-electron chi connectivity index (χ1n) is 6.44. The third kappa shape index (κ3) is 3.22. The van der Waals surface area contributed by atoms with Crippen molar-refractivity contribution in [2.24, 2.45) is 0 Å². The molecule has 0 bridgehead atoms. The van der Waals surface area contributed by atoms with E-state index in [4.69, 9.17) is 0 Å². The van der Waals surface area contributed by atoms with Gasteiger partial charge in [-0.15, -0.1) is 0 Å². The standard InChI is InChI=1S/C15H21N3O/c1-15(2,12-19)17(3)11-13-5-7-14(8-6-13)18-10-4-9-16-18/h4-10,19H,11-12H2,1-3H3. The van der Waals surface area contributed by atoms with Gasteiger partial charge in [0, 0.05) is 24.5 Å². The Morgan fingerprint density at radius 2 is 1.95 bits per heavy atom. The molecular weight excluding hydrogens is 238 g/mol. The van der Waals surface area contributed by atoms with E-state index in [-0.39, 0.29) is 12.1 Å². The second-order valence-corrected chi connectivity index (χ2v) is 5.44. The molecule has 0 unspecified atom stereocenters. The lowest BCUT2D eigenvalue weighted by atomic mass is 10.0. The molecule has 1 N–H and O–H groups in total. The third-order valence-corrected chi connectivity index (χ3v) is 3.55. The van der Waals surface area contributed by atoms with E-state index >= 15 is 0 Å². The zero-order valence-electron chi connectivity index (χ0n) is 11.7. The highest BCUT2D eigenvalue weighted by molar-refractivity contribution is 5.33. The van der Waals surface area contributed by atoms with Crippen molar-refractivity contribution in [1.82, 2.24) is 14.7 Å². The van der Waals surface area contributed by atoms with Crippen LogP contribution >= 0.6 is 0 Å². The molecule has 0 atom stereocenters. The SMILES string of the molecule is CN(Cc1ccc(-n2cccn2)cc1)C(C)(C)CO. The van der Waals surface area contributed by atoms with Crippen molar-refractivity contribution in [3.8, 4) is 5.69 Å². The molecule has 4 heteroatoms. The van der Waals surface area contributed by atoms with E-state index in [2.05, 4.69) is 34.3 Å². The molecule has 2 aromatic rings. The molecule has 19 heavy (non-hydrogen) atoms. The minimum Gasteiger partial charge on any atom is -0.394 e. The van der Waals surface area contributed by atoms with Gasteiger partial charge < -0.3 is 5.11 Å². The lowest BCUT2D eigenvalue weighted by molar-refractivity contribution is 0.0734. The number of benzene rings is 1. The predicted octanol–water partition coefficient (Wildman–Crippen LogP) is 2.07. The quantitative estimate of drug-likeness (QED) is 0.893. The summed E-state index contributed by atoms with van der Waals surface area (Å²) in [5.74, 6) is 0. The van der Waals surface area contributed by atoms with Crippen LogP contribution in [0.15, 0.2) is 42.7 Å². The zero-order chi connectivity index (χ0) is 13.9. The first-order chi connectivity index (χ1) is 9.03. The van der Waals surface area contributed by atoms with E-state index in [1.165, 1.54) is 5.56 Å². The topological polar surface area (TPSA) is 41.3 Å². The van der Waals surface area contributed by atoms with E-state index in [1.54, 1.807) is 6.20 Å². The molecule has 0 aliphatic heterocycles. The van der Waals surface area contributed by atoms with Crippen molar-refractivity contribution in [2.75, 3.05) is 13.7 Å². The summed E-state index contributed by atoms with van der Waals surface area (Å²) in [7, 11) is 2.03. The Hall–Kier alpha value is -1.65. The Labute approximate surface area is 114 Å². The summed E-state index contributed by atoms with van der Waals surface area (Å²) in [5, 5.41) is 13.6. The Morgan fingerprint density at radius 1 is 1.26 bits per heavy atom. The first kappa shape index (κ1) is 13.8. The normalized spacial score (nSPS) is 12.1. The maximum Gasteiger partial charge on any atom is 0.0645 e. The monoisotopic (exact) mass is 259 g/mol. The molecular formula is C15H21N3O. The Morgan fingerprint density at radius 3 is 2.47 bits per heavy atom. The molecule has 0 aliphatic carbocycles. The van der Waals surface area contributed by atoms with Crippen molar-refractivity contribution in [1.29, 1.82) is 0 Å². The molecule has 0 radical (unpaired) electrons. The molecule has 0 aliphatic rings. The number of likely N-dealkylation sites (N-methyl/N-ethyl adjacent to an activating group) is 1. The fourth-order valence-corrected chi connectivity index (χ4v) is 1.78. The van der Waals surface area contributed by atoms with Crippen LogP contribution < -0.4 is 0 Å². The summed E-state index contributed by atoms with van der Waals surface area (Å²) < 4.78 is 1.84. The fourth-order valence-electron chi connectivity index (χ4n) is 1.78. The van der Waals surface area contributed by atoms with E-state index < -0.39 is 0 Å². The number of nitrogens with zero attached hydrogens (tertiary/aromatic N) is 3. The zero-order valence-corrected chi connectivity index (χ0v) is 11.7. The molecule has 0 saturated carbocycles. The summed E-state index contributed by atoms with van der Waals surface area (Å²) in [4.78, 5) is 2.15. The highest BCUT2D eigenvalue weighted by Gasteiger charge is 2.22. The van der Waals surface area contributed by atoms with Crippen LogP contribution in [0.4, 0.5) is 0 Å². The summed E-state index contributed by atoms with van der Waals surface area (Å²) in [6.07, 6.45) is 3.70. The van der Waals surface area contributed by atoms with Crippen molar-refractivity contribution in [2.45, 2.75) is 25.9 Å². The molecule has 102 valence electrons. The molecule has 0 amide bonds. The lowest BCUT2D eigenvalue weighted by Gasteiger charge is -2.33. The van der Waals surface area contributed by atoms with Gasteiger partial charge in [0.05, 0.1) is 12.3 Å². The van der Waals surface area contributed by atoms with Crippen LogP contribution in [0.2, 0.25) is 0 Å². The van der Waals surface area contributed by atoms with E-state index in [0.29, 0.717) is 0 Å². The molecule has 0 spiro atoms. The van der Waals surface area contributed by atoms with Crippen LogP contribution in [0.5, 0.6) is 0 Å². The number of rotatable bonds is 5. The van der Waals surface area contributed by atoms with Gasteiger partial charge in [-0.2, -0.15) is 5.10 Å². The van der Waals surface area contributed by atoms with Crippen LogP contribution in [-0.2, 0) is 6.54 Å². The van der Waals surface area contributed by atoms with Crippen molar-refractivity contribution in [3.63, 3.8) is 0 Å². The van der Waals surface area contributed by atoms with Gasteiger partial charge in [-0.3, -0.25) is 4.90 Å². The number of aromatic nitrogens is 2. The first-order valence-corrected chi connectivity index (χ1v) is 6.44. The third-order valence-electron chi connectivity index (χ3n) is 3.55. The average Bonchev–Trinajstić information content (AvgIpc) is 2.93. The van der Waals surface area contributed by atoms with Gasteiger partial charge >= 0.3 is 0 Å². The van der Waals surface area contributed by atoms with Crippen molar-refractivity contribution in [3.05, 3.63) is 48.3 Å². The van der Waals surface area contributed by atoms with E-state index in [9.17, 15) is 5.11 Å². The Kier molecular flexibility index (Phi) is 4.02. The molecule has 0 saturated heterocycles. The van der Waals surface area contributed by atoms with Gasteiger partial charge in [0.25, 0.3) is 0 Å². The second-order valence-electron chi connectivity index (χ2n) is 5.44. The van der Waals surface area contributed by atoms with Crippen LogP contribution in [0, 0.1) is 0 Å². The smallest absolute Gasteiger partial charge is 0.0645 e. The van der Waals surface area contributed by atoms with Crippen LogP contribution in [0.3, 0.4) is 0 Å². The summed E-state index contributed by atoms with van der Waals surface area (Å²) in [6.45, 7) is 5.03. The summed E-state index contributed by atoms with van der Waals surface area (Å²) >= 11 is 0. The highest BCUT2D eigenvalue weighted by Crippen LogP contribution is 2.16. The van der Waals surface area contributed by atoms with Crippen LogP contribution in [0.1, 0.15) is 19.4 Å². The van der Waals surface area contributed by atoms with E-state index in [0.717, 1.165) is 12.2 Å². The highest BCUT2D eigenvalue weighted by atomic mass is 16.3. The number of aliphatic hydroxyl groups excluding tert-OH is 1. The average molecular weight is 259 g/mol. The minimum atomic E-state index is -0.208. The van der Waals surface area contributed by atoms with Gasteiger partial charge in [0.1, 0.15) is 0 Å². The number of aliphatic hydroxyl groups is 1. The van der Waals surface area contributed by atoms with Gasteiger partial charge in [0.15, 0.2) is 0 Å². The van der Waals surface area contributed by atoms with Crippen molar-refractivity contribution >= 4 is 0 Å². The number of hydrogen-bond acceptors (Lipinski definition) is 3. The number of hydrogen-bond donors (Lipinski definition) is 1. The molecule has 1 aromatic carbocycles. The van der Waals surface area contributed by atoms with Crippen molar-refractivity contribution < 1.29 is 5.11 Å². The largest absolute Gasteiger partial charge is 0.394 e. The molecule has 2 rings (SSSR count). The molecule has 0 fully saturated rings. The maximum atomic E-state index is 9.36. The summed E-state index contributed by atoms with van der Waals surface area (Å²) in [6, 6.07) is 10.2.